The molecule has 0 saturated heterocycles. The number of nitriles is 1. The molecule has 1 N–H and O–H groups in total. The van der Waals surface area contributed by atoms with Crippen molar-refractivity contribution >= 4 is 15.9 Å². The standard InChI is InChI=1S/C14H17BrN2/c1-10(2)8-17-14(9-16)7-6-11-12(14)4-3-5-13(11)15/h3-5,10,17H,6-8H2,1-2H3. The molecule has 0 saturated carbocycles. The molecule has 90 valence electrons. The predicted octanol–water partition coefficient (Wildman–Crippen LogP) is 3.36. The molecular formula is C14H17BrN2. The van der Waals surface area contributed by atoms with Crippen LogP contribution in [0.4, 0.5) is 0 Å². The smallest absolute Gasteiger partial charge is 0.132 e. The van der Waals surface area contributed by atoms with E-state index < -0.39 is 5.54 Å². The van der Waals surface area contributed by atoms with Crippen molar-refractivity contribution < 1.29 is 0 Å². The summed E-state index contributed by atoms with van der Waals surface area (Å²) in [6.45, 7) is 5.20. The third-order valence-electron chi connectivity index (χ3n) is 3.33. The highest BCUT2D eigenvalue weighted by Crippen LogP contribution is 2.39. The van der Waals surface area contributed by atoms with Gasteiger partial charge in [0.1, 0.15) is 5.54 Å². The minimum absolute atomic E-state index is 0.483. The van der Waals surface area contributed by atoms with Gasteiger partial charge in [-0.15, -0.1) is 0 Å². The van der Waals surface area contributed by atoms with Gasteiger partial charge in [0, 0.05) is 4.47 Å². The van der Waals surface area contributed by atoms with E-state index in [4.69, 9.17) is 0 Å². The Morgan fingerprint density at radius 1 is 1.53 bits per heavy atom. The summed E-state index contributed by atoms with van der Waals surface area (Å²) in [5.74, 6) is 0.552. The van der Waals surface area contributed by atoms with Gasteiger partial charge in [0.05, 0.1) is 6.07 Å². The highest BCUT2D eigenvalue weighted by molar-refractivity contribution is 9.10. The first-order valence-electron chi connectivity index (χ1n) is 6.03. The fourth-order valence-electron chi connectivity index (χ4n) is 2.38. The van der Waals surface area contributed by atoms with Crippen molar-refractivity contribution in [1.29, 1.82) is 5.26 Å². The second kappa shape index (κ2) is 4.80. The summed E-state index contributed by atoms with van der Waals surface area (Å²) < 4.78 is 1.12. The molecule has 0 radical (unpaired) electrons. The maximum absolute atomic E-state index is 9.54. The van der Waals surface area contributed by atoms with Gasteiger partial charge in [0.2, 0.25) is 0 Å². The van der Waals surface area contributed by atoms with Crippen LogP contribution in [-0.2, 0) is 12.0 Å². The molecule has 1 aliphatic carbocycles. The Morgan fingerprint density at radius 2 is 2.29 bits per heavy atom. The van der Waals surface area contributed by atoms with Crippen molar-refractivity contribution in [3.63, 3.8) is 0 Å². The van der Waals surface area contributed by atoms with E-state index in [-0.39, 0.29) is 0 Å². The predicted molar refractivity (Wildman–Crippen MR) is 72.6 cm³/mol. The fourth-order valence-corrected chi connectivity index (χ4v) is 2.94. The molecule has 0 aromatic heterocycles. The lowest BCUT2D eigenvalue weighted by molar-refractivity contribution is 0.393. The number of fused-ring (bicyclic) bond motifs is 1. The average molecular weight is 293 g/mol. The average Bonchev–Trinajstić information content (AvgIpc) is 2.68. The zero-order valence-corrected chi connectivity index (χ0v) is 11.8. The van der Waals surface area contributed by atoms with Crippen molar-refractivity contribution in [2.24, 2.45) is 5.92 Å². The first-order valence-corrected chi connectivity index (χ1v) is 6.82. The second-order valence-electron chi connectivity index (χ2n) is 5.06. The molecule has 0 bridgehead atoms. The lowest BCUT2D eigenvalue weighted by atomic mass is 9.93. The van der Waals surface area contributed by atoms with Gasteiger partial charge in [-0.3, -0.25) is 5.32 Å². The molecule has 2 nitrogen and oxygen atoms in total. The van der Waals surface area contributed by atoms with E-state index in [0.29, 0.717) is 5.92 Å². The normalized spacial score (nSPS) is 22.5. The van der Waals surface area contributed by atoms with E-state index in [9.17, 15) is 5.26 Å². The highest BCUT2D eigenvalue weighted by atomic mass is 79.9. The fraction of sp³-hybridized carbons (Fsp3) is 0.500. The zero-order valence-electron chi connectivity index (χ0n) is 10.3. The van der Waals surface area contributed by atoms with Gasteiger partial charge in [0.25, 0.3) is 0 Å². The van der Waals surface area contributed by atoms with E-state index in [1.165, 1.54) is 5.56 Å². The summed E-state index contributed by atoms with van der Waals surface area (Å²) in [5, 5.41) is 13.0. The first kappa shape index (κ1) is 12.6. The molecule has 1 unspecified atom stereocenters. The number of halogens is 1. The topological polar surface area (TPSA) is 35.8 Å². The van der Waals surface area contributed by atoms with E-state index in [0.717, 1.165) is 29.4 Å². The van der Waals surface area contributed by atoms with E-state index >= 15 is 0 Å². The van der Waals surface area contributed by atoms with Crippen LogP contribution >= 0.6 is 15.9 Å². The third kappa shape index (κ3) is 2.25. The Bertz CT molecular complexity index is 462. The molecule has 0 heterocycles. The molecule has 1 aromatic carbocycles. The monoisotopic (exact) mass is 292 g/mol. The quantitative estimate of drug-likeness (QED) is 0.927. The van der Waals surface area contributed by atoms with Crippen molar-refractivity contribution in [2.75, 3.05) is 6.54 Å². The van der Waals surface area contributed by atoms with Crippen molar-refractivity contribution in [2.45, 2.75) is 32.2 Å². The first-order chi connectivity index (χ1) is 8.09. The van der Waals surface area contributed by atoms with Gasteiger partial charge in [-0.25, -0.2) is 0 Å². The largest absolute Gasteiger partial charge is 0.295 e. The van der Waals surface area contributed by atoms with Crippen molar-refractivity contribution in [3.8, 4) is 6.07 Å². The van der Waals surface area contributed by atoms with E-state index in [2.05, 4.69) is 53.3 Å². The van der Waals surface area contributed by atoms with Crippen LogP contribution in [0.3, 0.4) is 0 Å². The summed E-state index contributed by atoms with van der Waals surface area (Å²) in [4.78, 5) is 0. The van der Waals surface area contributed by atoms with Crippen LogP contribution < -0.4 is 5.32 Å². The van der Waals surface area contributed by atoms with E-state index in [1.807, 2.05) is 6.07 Å². The number of benzene rings is 1. The van der Waals surface area contributed by atoms with Crippen LogP contribution in [0.2, 0.25) is 0 Å². The highest BCUT2D eigenvalue weighted by Gasteiger charge is 2.39. The zero-order chi connectivity index (χ0) is 12.5. The lowest BCUT2D eigenvalue weighted by Gasteiger charge is -2.25. The van der Waals surface area contributed by atoms with Crippen LogP contribution in [0.5, 0.6) is 0 Å². The summed E-state index contributed by atoms with van der Waals surface area (Å²) in [6.07, 6.45) is 1.84. The molecule has 0 spiro atoms. The molecule has 3 heteroatoms. The summed E-state index contributed by atoms with van der Waals surface area (Å²) in [5.41, 5.74) is 1.95. The van der Waals surface area contributed by atoms with Crippen LogP contribution in [0.15, 0.2) is 22.7 Å². The van der Waals surface area contributed by atoms with Gasteiger partial charge in [-0.1, -0.05) is 41.9 Å². The third-order valence-corrected chi connectivity index (χ3v) is 4.07. The van der Waals surface area contributed by atoms with Gasteiger partial charge in [-0.2, -0.15) is 5.26 Å². The maximum atomic E-state index is 9.54. The van der Waals surface area contributed by atoms with Crippen LogP contribution in [0, 0.1) is 17.2 Å². The number of hydrogen-bond acceptors (Lipinski definition) is 2. The van der Waals surface area contributed by atoms with Gasteiger partial charge in [0.15, 0.2) is 0 Å². The minimum Gasteiger partial charge on any atom is -0.295 e. The van der Waals surface area contributed by atoms with Crippen LogP contribution in [-0.4, -0.2) is 6.54 Å². The summed E-state index contributed by atoms with van der Waals surface area (Å²) in [6, 6.07) is 8.62. The molecule has 17 heavy (non-hydrogen) atoms. The number of nitrogens with one attached hydrogen (secondary N) is 1. The van der Waals surface area contributed by atoms with Gasteiger partial charge in [-0.05, 0) is 42.5 Å². The van der Waals surface area contributed by atoms with E-state index in [1.54, 1.807) is 0 Å². The molecule has 2 rings (SSSR count). The Hall–Kier alpha value is -0.850. The Morgan fingerprint density at radius 3 is 2.94 bits per heavy atom. The molecule has 1 atom stereocenters. The Labute approximate surface area is 111 Å². The SMILES string of the molecule is CC(C)CNC1(C#N)CCc2c(Br)cccc21. The molecule has 0 fully saturated rings. The number of hydrogen-bond donors (Lipinski definition) is 1. The molecule has 0 aliphatic heterocycles. The Balaban J connectivity index is 2.35. The van der Waals surface area contributed by atoms with Gasteiger partial charge >= 0.3 is 0 Å². The van der Waals surface area contributed by atoms with Gasteiger partial charge < -0.3 is 0 Å². The molecule has 1 aliphatic rings. The summed E-state index contributed by atoms with van der Waals surface area (Å²) >= 11 is 3.57. The van der Waals surface area contributed by atoms with Crippen LogP contribution in [0.1, 0.15) is 31.4 Å². The molecular weight excluding hydrogens is 276 g/mol. The minimum atomic E-state index is -0.483. The van der Waals surface area contributed by atoms with Crippen LogP contribution in [0.25, 0.3) is 0 Å². The second-order valence-corrected chi connectivity index (χ2v) is 5.91. The Kier molecular flexibility index (Phi) is 3.56. The van der Waals surface area contributed by atoms with Crippen molar-refractivity contribution in [1.82, 2.24) is 5.32 Å². The molecule has 1 aromatic rings. The lowest BCUT2D eigenvalue weighted by Crippen LogP contribution is -2.41. The van der Waals surface area contributed by atoms with Crippen molar-refractivity contribution in [3.05, 3.63) is 33.8 Å². The number of rotatable bonds is 3. The maximum Gasteiger partial charge on any atom is 0.132 e. The molecule has 0 amide bonds. The summed E-state index contributed by atoms with van der Waals surface area (Å²) in [7, 11) is 0. The number of nitrogens with zero attached hydrogens (tertiary/aromatic N) is 1.